The zero-order chi connectivity index (χ0) is 19.2. The zero-order valence-electron chi connectivity index (χ0n) is 14.6. The molecule has 1 saturated heterocycles. The normalized spacial score (nSPS) is 16.5. The van der Waals surface area contributed by atoms with Crippen molar-refractivity contribution >= 4 is 23.0 Å². The van der Waals surface area contributed by atoms with Crippen molar-refractivity contribution < 1.29 is 9.72 Å². The number of amides is 1. The lowest BCUT2D eigenvalue weighted by atomic mass is 10.1. The maximum Gasteiger partial charge on any atom is 0.256 e. The van der Waals surface area contributed by atoms with Crippen molar-refractivity contribution in [2.45, 2.75) is 18.9 Å². The first-order chi connectivity index (χ1) is 13.1. The summed E-state index contributed by atoms with van der Waals surface area (Å²) in [6.45, 7) is 0.749. The molecular weight excluding hydrogens is 368 g/mol. The first-order valence-corrected chi connectivity index (χ1v) is 8.98. The molecule has 1 aliphatic rings. The van der Waals surface area contributed by atoms with E-state index in [2.05, 4.69) is 4.98 Å². The van der Waals surface area contributed by atoms with Crippen molar-refractivity contribution in [2.24, 2.45) is 0 Å². The van der Waals surface area contributed by atoms with Gasteiger partial charge in [0.1, 0.15) is 0 Å². The average Bonchev–Trinajstić information content (AvgIpc) is 3.17. The Morgan fingerprint density at radius 1 is 1.22 bits per heavy atom. The molecule has 0 saturated carbocycles. The molecule has 1 aromatic carbocycles. The highest BCUT2D eigenvalue weighted by atomic mass is 35.5. The fourth-order valence-corrected chi connectivity index (χ4v) is 3.17. The minimum absolute atomic E-state index is 0.164. The number of piperidine rings is 1. The molecule has 1 fully saturated rings. The number of carbonyl (C=O) groups excluding carboxylic acids is 1. The first kappa shape index (κ1) is 18.8. The molecule has 27 heavy (non-hydrogen) atoms. The van der Waals surface area contributed by atoms with Crippen molar-refractivity contribution in [3.05, 3.63) is 81.9 Å². The van der Waals surface area contributed by atoms with Gasteiger partial charge in [-0.15, -0.1) is 0 Å². The lowest BCUT2D eigenvalue weighted by Gasteiger charge is -2.28. The van der Waals surface area contributed by atoms with Crippen molar-refractivity contribution in [3.8, 4) is 0 Å². The van der Waals surface area contributed by atoms with E-state index in [1.807, 2.05) is 36.5 Å². The summed E-state index contributed by atoms with van der Waals surface area (Å²) in [7, 11) is 0. The largest absolute Gasteiger partial charge is 0.332 e. The predicted molar refractivity (Wildman–Crippen MR) is 103 cm³/mol. The molecule has 0 radical (unpaired) electrons. The lowest BCUT2D eigenvalue weighted by molar-refractivity contribution is -0.525. The molecule has 3 heterocycles. The molecule has 0 bridgehead atoms. The summed E-state index contributed by atoms with van der Waals surface area (Å²) in [6, 6.07) is 12.3. The Balaban J connectivity index is 0.000000253. The topological polar surface area (TPSA) is 80.8 Å². The van der Waals surface area contributed by atoms with Crippen LogP contribution in [0, 0.1) is 10.1 Å². The van der Waals surface area contributed by atoms with Crippen molar-refractivity contribution in [1.29, 1.82) is 0 Å². The van der Waals surface area contributed by atoms with E-state index >= 15 is 0 Å². The van der Waals surface area contributed by atoms with Crippen LogP contribution >= 0.6 is 11.6 Å². The number of fused-ring (bicyclic) bond motifs is 1. The summed E-state index contributed by atoms with van der Waals surface area (Å²) in [5.74, 6) is -0.164. The van der Waals surface area contributed by atoms with E-state index in [9.17, 15) is 14.9 Å². The minimum atomic E-state index is -0.655. The highest BCUT2D eigenvalue weighted by Crippen LogP contribution is 2.18. The van der Waals surface area contributed by atoms with Gasteiger partial charge in [0, 0.05) is 29.1 Å². The Labute approximate surface area is 161 Å². The number of aromatic nitrogens is 2. The van der Waals surface area contributed by atoms with E-state index in [4.69, 9.17) is 11.6 Å². The third kappa shape index (κ3) is 4.62. The number of carbonyl (C=O) groups is 1. The Morgan fingerprint density at radius 2 is 2.00 bits per heavy atom. The molecule has 1 aliphatic heterocycles. The van der Waals surface area contributed by atoms with E-state index in [0.29, 0.717) is 24.9 Å². The van der Waals surface area contributed by atoms with E-state index < -0.39 is 6.04 Å². The van der Waals surface area contributed by atoms with Crippen LogP contribution in [0.2, 0.25) is 5.02 Å². The van der Waals surface area contributed by atoms with E-state index in [1.54, 1.807) is 34.0 Å². The molecule has 0 spiro atoms. The van der Waals surface area contributed by atoms with Crippen LogP contribution in [0.25, 0.3) is 5.52 Å². The Morgan fingerprint density at radius 3 is 2.67 bits per heavy atom. The number of hydrogen-bond acceptors (Lipinski definition) is 4. The highest BCUT2D eigenvalue weighted by Gasteiger charge is 2.31. The second-order valence-corrected chi connectivity index (χ2v) is 6.67. The van der Waals surface area contributed by atoms with E-state index in [0.717, 1.165) is 10.5 Å². The van der Waals surface area contributed by atoms with Crippen LogP contribution in [0.3, 0.4) is 0 Å². The molecule has 4 rings (SSSR count). The van der Waals surface area contributed by atoms with Crippen LogP contribution in [0.1, 0.15) is 23.2 Å². The van der Waals surface area contributed by atoms with Gasteiger partial charge in [-0.2, -0.15) is 0 Å². The van der Waals surface area contributed by atoms with Gasteiger partial charge in [0.05, 0.1) is 30.1 Å². The first-order valence-electron chi connectivity index (χ1n) is 8.60. The minimum Gasteiger partial charge on any atom is -0.332 e. The number of hydrogen-bond donors (Lipinski definition) is 0. The van der Waals surface area contributed by atoms with Crippen LogP contribution in [0.5, 0.6) is 0 Å². The maximum absolute atomic E-state index is 12.5. The van der Waals surface area contributed by atoms with Crippen molar-refractivity contribution in [1.82, 2.24) is 14.3 Å². The second-order valence-electron chi connectivity index (χ2n) is 6.24. The number of benzene rings is 1. The highest BCUT2D eigenvalue weighted by molar-refractivity contribution is 6.30. The number of halogens is 1. The molecular formula is C19H19ClN4O3. The number of pyridine rings is 1. The van der Waals surface area contributed by atoms with Gasteiger partial charge in [-0.25, -0.2) is 4.98 Å². The number of nitro groups is 1. The molecule has 3 aromatic rings. The fraction of sp³-hybridized carbons (Fsp3) is 0.263. The number of imidazole rings is 1. The lowest BCUT2D eigenvalue weighted by Crippen LogP contribution is -2.45. The van der Waals surface area contributed by atoms with Crippen LogP contribution < -0.4 is 0 Å². The maximum atomic E-state index is 12.5. The number of likely N-dealkylation sites (tertiary alicyclic amines) is 1. The molecule has 0 N–H and O–H groups in total. The molecule has 1 atom stereocenters. The smallest absolute Gasteiger partial charge is 0.256 e. The van der Waals surface area contributed by atoms with Crippen molar-refractivity contribution in [2.75, 3.05) is 13.1 Å². The fourth-order valence-electron chi connectivity index (χ4n) is 3.03. The van der Waals surface area contributed by atoms with Crippen molar-refractivity contribution in [3.63, 3.8) is 0 Å². The summed E-state index contributed by atoms with van der Waals surface area (Å²) in [6.07, 6.45) is 6.27. The standard InChI is InChI=1S/C13H14N4O3.C6H5Cl/c18-13(15-5-1-3-10(8-15)17(19)20)11-4-2-6-16-9-14-7-12(11)16;7-6-4-2-1-3-5-6/h2,4,6-7,9-10H,1,3,5,8H2;1-5H. The van der Waals surface area contributed by atoms with Crippen LogP contribution in [0.15, 0.2) is 61.2 Å². The summed E-state index contributed by atoms with van der Waals surface area (Å²) >= 11 is 5.54. The van der Waals surface area contributed by atoms with Gasteiger partial charge in [0.2, 0.25) is 6.04 Å². The summed E-state index contributed by atoms with van der Waals surface area (Å²) < 4.78 is 1.77. The molecule has 0 aliphatic carbocycles. The van der Waals surface area contributed by atoms with E-state index in [-0.39, 0.29) is 17.4 Å². The predicted octanol–water partition coefficient (Wildman–Crippen LogP) is 3.56. The van der Waals surface area contributed by atoms with Gasteiger partial charge in [-0.3, -0.25) is 14.9 Å². The average molecular weight is 387 g/mol. The zero-order valence-corrected chi connectivity index (χ0v) is 15.3. The molecule has 1 amide bonds. The number of rotatable bonds is 2. The van der Waals surface area contributed by atoms with Gasteiger partial charge in [-0.1, -0.05) is 29.8 Å². The number of nitrogens with zero attached hydrogens (tertiary/aromatic N) is 4. The van der Waals surface area contributed by atoms with Gasteiger partial charge in [0.25, 0.3) is 5.91 Å². The molecule has 7 nitrogen and oxygen atoms in total. The van der Waals surface area contributed by atoms with Crippen LogP contribution in [-0.4, -0.2) is 44.2 Å². The molecule has 8 heteroatoms. The third-order valence-electron chi connectivity index (χ3n) is 4.40. The quantitative estimate of drug-likeness (QED) is 0.498. The van der Waals surface area contributed by atoms with Crippen LogP contribution in [0.4, 0.5) is 0 Å². The van der Waals surface area contributed by atoms with Crippen LogP contribution in [-0.2, 0) is 0 Å². The Bertz CT molecular complexity index is 929. The monoisotopic (exact) mass is 386 g/mol. The van der Waals surface area contributed by atoms with Gasteiger partial charge < -0.3 is 9.30 Å². The third-order valence-corrected chi connectivity index (χ3v) is 4.65. The summed E-state index contributed by atoms with van der Waals surface area (Å²) in [5.41, 5.74) is 1.26. The molecule has 1 unspecified atom stereocenters. The Hall–Kier alpha value is -2.93. The SMILES string of the molecule is Clc1ccccc1.O=C(c1cccn2cncc12)N1CCCC([N+](=O)[O-])C1. The van der Waals surface area contributed by atoms with Gasteiger partial charge >= 0.3 is 0 Å². The van der Waals surface area contributed by atoms with Gasteiger partial charge in [-0.05, 0) is 30.7 Å². The summed E-state index contributed by atoms with van der Waals surface area (Å²) in [5, 5.41) is 11.7. The second kappa shape index (κ2) is 8.64. The molecule has 140 valence electrons. The summed E-state index contributed by atoms with van der Waals surface area (Å²) in [4.78, 5) is 28.7. The molecule has 2 aromatic heterocycles. The van der Waals surface area contributed by atoms with Gasteiger partial charge in [0.15, 0.2) is 0 Å². The van der Waals surface area contributed by atoms with E-state index in [1.165, 1.54) is 0 Å². The Kier molecular flexibility index (Phi) is 6.03.